The second-order valence-corrected chi connectivity index (χ2v) is 5.53. The van der Waals surface area contributed by atoms with Crippen LogP contribution in [0.5, 0.6) is 11.5 Å². The van der Waals surface area contributed by atoms with Gasteiger partial charge in [0.15, 0.2) is 11.4 Å². The maximum Gasteiger partial charge on any atom is 0.270 e. The first-order valence-corrected chi connectivity index (χ1v) is 8.13. The monoisotopic (exact) mass is 339 g/mol. The van der Waals surface area contributed by atoms with Crippen LogP contribution in [0.2, 0.25) is 0 Å². The number of hydrogen-bond acceptors (Lipinski definition) is 4. The fourth-order valence-electron chi connectivity index (χ4n) is 2.84. The van der Waals surface area contributed by atoms with Crippen LogP contribution in [0, 0.1) is 0 Å². The van der Waals surface area contributed by atoms with Gasteiger partial charge in [0.05, 0.1) is 19.9 Å². The molecule has 0 aliphatic rings. The van der Waals surface area contributed by atoms with Crippen LogP contribution in [0.1, 0.15) is 28.7 Å². The lowest BCUT2D eigenvalue weighted by molar-refractivity contribution is 0.0944. The van der Waals surface area contributed by atoms with E-state index in [9.17, 15) is 4.79 Å². The van der Waals surface area contributed by atoms with Crippen molar-refractivity contribution in [1.29, 1.82) is 0 Å². The number of methoxy groups -OCH3 is 2. The number of fused-ring (bicyclic) bond motifs is 1. The smallest absolute Gasteiger partial charge is 0.270 e. The zero-order valence-electron chi connectivity index (χ0n) is 14.6. The van der Waals surface area contributed by atoms with Crippen molar-refractivity contribution >= 4 is 11.6 Å². The quantitative estimate of drug-likeness (QED) is 0.750. The van der Waals surface area contributed by atoms with Gasteiger partial charge in [0, 0.05) is 18.3 Å². The third-order valence-electron chi connectivity index (χ3n) is 4.09. The molecule has 0 atom stereocenters. The molecule has 6 nitrogen and oxygen atoms in total. The molecular formula is C19H21N3O3. The number of aryl methyl sites for hydroxylation is 1. The summed E-state index contributed by atoms with van der Waals surface area (Å²) in [7, 11) is 3.21. The number of imidazole rings is 1. The number of amides is 1. The molecule has 1 aromatic carbocycles. The Labute approximate surface area is 146 Å². The second-order valence-electron chi connectivity index (χ2n) is 5.53. The van der Waals surface area contributed by atoms with Gasteiger partial charge < -0.3 is 14.8 Å². The van der Waals surface area contributed by atoms with Crippen molar-refractivity contribution in [2.45, 2.75) is 19.9 Å². The summed E-state index contributed by atoms with van der Waals surface area (Å²) < 4.78 is 12.4. The van der Waals surface area contributed by atoms with Crippen molar-refractivity contribution in [3.8, 4) is 11.5 Å². The summed E-state index contributed by atoms with van der Waals surface area (Å²) in [5.41, 5.74) is 2.83. The van der Waals surface area contributed by atoms with E-state index in [2.05, 4.69) is 10.3 Å². The normalized spacial score (nSPS) is 10.7. The first-order valence-electron chi connectivity index (χ1n) is 8.13. The van der Waals surface area contributed by atoms with Gasteiger partial charge >= 0.3 is 0 Å². The molecular weight excluding hydrogens is 318 g/mol. The maximum absolute atomic E-state index is 12.8. The summed E-state index contributed by atoms with van der Waals surface area (Å²) in [4.78, 5) is 17.4. The highest BCUT2D eigenvalue weighted by Gasteiger charge is 2.20. The van der Waals surface area contributed by atoms with Crippen molar-refractivity contribution < 1.29 is 14.3 Å². The number of nitrogens with zero attached hydrogens (tertiary/aromatic N) is 2. The van der Waals surface area contributed by atoms with Crippen LogP contribution in [0.3, 0.4) is 0 Å². The predicted octanol–water partition coefficient (Wildman–Crippen LogP) is 2.84. The number of para-hydroxylation sites is 1. The molecule has 3 aromatic rings. The van der Waals surface area contributed by atoms with Gasteiger partial charge in [0.1, 0.15) is 11.4 Å². The fourth-order valence-corrected chi connectivity index (χ4v) is 2.84. The van der Waals surface area contributed by atoms with Crippen LogP contribution in [-0.4, -0.2) is 29.5 Å². The molecule has 2 heterocycles. The summed E-state index contributed by atoms with van der Waals surface area (Å²) in [6, 6.07) is 11.3. The van der Waals surface area contributed by atoms with Gasteiger partial charge in [-0.2, -0.15) is 0 Å². The van der Waals surface area contributed by atoms with E-state index in [1.807, 2.05) is 49.5 Å². The topological polar surface area (TPSA) is 64.9 Å². The third-order valence-corrected chi connectivity index (χ3v) is 4.09. The predicted molar refractivity (Wildman–Crippen MR) is 95.3 cm³/mol. The number of nitrogens with one attached hydrogen (secondary N) is 1. The molecule has 0 fully saturated rings. The van der Waals surface area contributed by atoms with Crippen molar-refractivity contribution in [3.05, 3.63) is 59.5 Å². The Morgan fingerprint density at radius 1 is 1.12 bits per heavy atom. The Morgan fingerprint density at radius 3 is 2.56 bits per heavy atom. The molecule has 130 valence electrons. The fraction of sp³-hybridized carbons (Fsp3) is 0.263. The minimum absolute atomic E-state index is 0.177. The van der Waals surface area contributed by atoms with Gasteiger partial charge in [0.2, 0.25) is 0 Å². The van der Waals surface area contributed by atoms with Crippen LogP contribution in [-0.2, 0) is 13.0 Å². The molecule has 2 aromatic heterocycles. The zero-order valence-corrected chi connectivity index (χ0v) is 14.6. The lowest BCUT2D eigenvalue weighted by Crippen LogP contribution is -2.25. The Hall–Kier alpha value is -3.02. The maximum atomic E-state index is 12.8. The Morgan fingerprint density at radius 2 is 1.84 bits per heavy atom. The van der Waals surface area contributed by atoms with Crippen molar-refractivity contribution in [3.63, 3.8) is 0 Å². The first-order chi connectivity index (χ1) is 12.2. The standard InChI is InChI=1S/C19H21N3O3/c1-4-14-17(22-11-7-10-16(25-3)18(22)21-14)19(23)20-12-13-8-5-6-9-15(13)24-2/h5-11H,4,12H2,1-3H3,(H,20,23). The highest BCUT2D eigenvalue weighted by molar-refractivity contribution is 5.95. The Kier molecular flexibility index (Phi) is 4.88. The van der Waals surface area contributed by atoms with Gasteiger partial charge in [-0.25, -0.2) is 4.98 Å². The summed E-state index contributed by atoms with van der Waals surface area (Å²) in [5.74, 6) is 1.21. The number of hydrogen-bond donors (Lipinski definition) is 1. The first kappa shape index (κ1) is 16.8. The van der Waals surface area contributed by atoms with E-state index in [1.54, 1.807) is 18.6 Å². The van der Waals surface area contributed by atoms with E-state index in [0.717, 1.165) is 17.0 Å². The van der Waals surface area contributed by atoms with Crippen LogP contribution in [0.25, 0.3) is 5.65 Å². The summed E-state index contributed by atoms with van der Waals surface area (Å²) in [6.07, 6.45) is 2.48. The average molecular weight is 339 g/mol. The van der Waals surface area contributed by atoms with E-state index in [1.165, 1.54) is 0 Å². The van der Waals surface area contributed by atoms with E-state index >= 15 is 0 Å². The van der Waals surface area contributed by atoms with Crippen LogP contribution in [0.15, 0.2) is 42.6 Å². The van der Waals surface area contributed by atoms with E-state index in [0.29, 0.717) is 30.1 Å². The van der Waals surface area contributed by atoms with Crippen molar-refractivity contribution in [2.24, 2.45) is 0 Å². The van der Waals surface area contributed by atoms with Gasteiger partial charge in [-0.15, -0.1) is 0 Å². The summed E-state index contributed by atoms with van der Waals surface area (Å²) in [5, 5.41) is 2.96. The lowest BCUT2D eigenvalue weighted by Gasteiger charge is -2.10. The molecule has 0 bridgehead atoms. The number of pyridine rings is 1. The average Bonchev–Trinajstić information content (AvgIpc) is 3.05. The van der Waals surface area contributed by atoms with Gasteiger partial charge in [-0.3, -0.25) is 9.20 Å². The van der Waals surface area contributed by atoms with E-state index < -0.39 is 0 Å². The minimum atomic E-state index is -0.177. The Bertz CT molecular complexity index is 902. The zero-order chi connectivity index (χ0) is 17.8. The number of benzene rings is 1. The molecule has 0 saturated carbocycles. The SMILES string of the molecule is CCc1nc2c(OC)cccn2c1C(=O)NCc1ccccc1OC. The molecule has 0 radical (unpaired) electrons. The molecule has 0 unspecified atom stereocenters. The van der Waals surface area contributed by atoms with Crippen LogP contribution >= 0.6 is 0 Å². The number of rotatable bonds is 6. The molecule has 1 amide bonds. The van der Waals surface area contributed by atoms with Crippen molar-refractivity contribution in [1.82, 2.24) is 14.7 Å². The third kappa shape index (κ3) is 3.15. The minimum Gasteiger partial charge on any atom is -0.496 e. The van der Waals surface area contributed by atoms with Gasteiger partial charge in [-0.05, 0) is 24.6 Å². The van der Waals surface area contributed by atoms with Gasteiger partial charge in [0.25, 0.3) is 5.91 Å². The van der Waals surface area contributed by atoms with E-state index in [-0.39, 0.29) is 5.91 Å². The Balaban J connectivity index is 1.92. The number of carbonyl (C=O) groups excluding carboxylic acids is 1. The lowest BCUT2D eigenvalue weighted by atomic mass is 10.2. The van der Waals surface area contributed by atoms with Crippen molar-refractivity contribution in [2.75, 3.05) is 14.2 Å². The molecule has 0 aliphatic heterocycles. The molecule has 0 saturated heterocycles. The second kappa shape index (κ2) is 7.25. The molecule has 1 N–H and O–H groups in total. The molecule has 25 heavy (non-hydrogen) atoms. The van der Waals surface area contributed by atoms with Crippen LogP contribution < -0.4 is 14.8 Å². The highest BCUT2D eigenvalue weighted by atomic mass is 16.5. The number of aromatic nitrogens is 2. The van der Waals surface area contributed by atoms with Gasteiger partial charge in [-0.1, -0.05) is 25.1 Å². The molecule has 0 spiro atoms. The van der Waals surface area contributed by atoms with Crippen LogP contribution in [0.4, 0.5) is 0 Å². The molecule has 3 rings (SSSR count). The number of ether oxygens (including phenoxy) is 2. The number of carbonyl (C=O) groups is 1. The highest BCUT2D eigenvalue weighted by Crippen LogP contribution is 2.23. The summed E-state index contributed by atoms with van der Waals surface area (Å²) >= 11 is 0. The molecule has 6 heteroatoms. The van der Waals surface area contributed by atoms with E-state index in [4.69, 9.17) is 9.47 Å². The largest absolute Gasteiger partial charge is 0.496 e. The summed E-state index contributed by atoms with van der Waals surface area (Å²) in [6.45, 7) is 2.36. The molecule has 0 aliphatic carbocycles.